The number of halogens is 1. The average Bonchev–Trinajstić information content (AvgIpc) is 2.37. The first-order chi connectivity index (χ1) is 9.19. The summed E-state index contributed by atoms with van der Waals surface area (Å²) >= 11 is 5.97. The van der Waals surface area contributed by atoms with Gasteiger partial charge in [-0.05, 0) is 31.9 Å². The number of nitrogens with zero attached hydrogens (tertiary/aromatic N) is 1. The van der Waals surface area contributed by atoms with Gasteiger partial charge in [-0.15, -0.1) is 11.6 Å². The van der Waals surface area contributed by atoms with Crippen LogP contribution in [0.5, 0.6) is 5.88 Å². The molecule has 0 amide bonds. The van der Waals surface area contributed by atoms with E-state index in [4.69, 9.17) is 16.3 Å². The van der Waals surface area contributed by atoms with Gasteiger partial charge in [-0.3, -0.25) is 0 Å². The topological polar surface area (TPSA) is 22.1 Å². The van der Waals surface area contributed by atoms with Gasteiger partial charge in [0.15, 0.2) is 0 Å². The molecule has 0 aliphatic heterocycles. The van der Waals surface area contributed by atoms with Crippen LogP contribution in [0.15, 0.2) is 6.07 Å². The Morgan fingerprint density at radius 2 is 1.79 bits per heavy atom. The Labute approximate surface area is 122 Å². The van der Waals surface area contributed by atoms with Crippen LogP contribution < -0.4 is 4.74 Å². The van der Waals surface area contributed by atoms with Crippen molar-refractivity contribution in [1.82, 2.24) is 4.98 Å². The van der Waals surface area contributed by atoms with Crippen molar-refractivity contribution in [1.29, 1.82) is 0 Å². The number of hydrogen-bond donors (Lipinski definition) is 0. The number of hydrogen-bond acceptors (Lipinski definition) is 2. The predicted octanol–water partition coefficient (Wildman–Crippen LogP) is 5.18. The summed E-state index contributed by atoms with van der Waals surface area (Å²) < 4.78 is 5.80. The smallest absolute Gasteiger partial charge is 0.218 e. The molecule has 0 atom stereocenters. The monoisotopic (exact) mass is 283 g/mol. The maximum atomic E-state index is 5.97. The highest BCUT2D eigenvalue weighted by Crippen LogP contribution is 2.23. The first kappa shape index (κ1) is 16.3. The Bertz CT molecular complexity index is 379. The molecule has 0 unspecified atom stereocenters. The summed E-state index contributed by atoms with van der Waals surface area (Å²) in [6, 6.07) is 2.05. The summed E-state index contributed by atoms with van der Waals surface area (Å²) in [6.07, 6.45) is 7.62. The summed E-state index contributed by atoms with van der Waals surface area (Å²) in [6.45, 7) is 7.03. The lowest BCUT2D eigenvalue weighted by molar-refractivity contribution is 0.290. The van der Waals surface area contributed by atoms with Crippen molar-refractivity contribution in [3.05, 3.63) is 22.9 Å². The molecule has 0 radical (unpaired) electrons. The lowest BCUT2D eigenvalue weighted by atomic mass is 10.1. The van der Waals surface area contributed by atoms with Crippen molar-refractivity contribution in [2.75, 3.05) is 6.61 Å². The minimum atomic E-state index is 0.463. The molecule has 1 rings (SSSR count). The fraction of sp³-hybridized carbons (Fsp3) is 0.688. The molecule has 1 aromatic rings. The third-order valence-corrected chi connectivity index (χ3v) is 3.58. The Kier molecular flexibility index (Phi) is 7.88. The van der Waals surface area contributed by atoms with Crippen LogP contribution in [-0.2, 0) is 5.88 Å². The number of aryl methyl sites for hydroxylation is 2. The number of ether oxygens (including phenoxy) is 1. The van der Waals surface area contributed by atoms with Crippen LogP contribution in [0.2, 0.25) is 0 Å². The van der Waals surface area contributed by atoms with Gasteiger partial charge in [0.25, 0.3) is 0 Å². The fourth-order valence-electron chi connectivity index (χ4n) is 2.16. The zero-order valence-corrected chi connectivity index (χ0v) is 13.2. The standard InChI is InChI=1S/C16H26ClNO/c1-4-5-6-7-8-9-10-19-16-15(12-17)13(2)11-14(3)18-16/h11H,4-10,12H2,1-3H3. The fourth-order valence-corrected chi connectivity index (χ4v) is 2.49. The number of rotatable bonds is 9. The molecule has 0 spiro atoms. The van der Waals surface area contributed by atoms with Gasteiger partial charge in [0.05, 0.1) is 12.5 Å². The molecule has 0 aliphatic rings. The van der Waals surface area contributed by atoms with Gasteiger partial charge in [-0.2, -0.15) is 0 Å². The normalized spacial score (nSPS) is 10.7. The van der Waals surface area contributed by atoms with E-state index in [9.17, 15) is 0 Å². The molecule has 2 nitrogen and oxygen atoms in total. The van der Waals surface area contributed by atoms with E-state index in [1.165, 1.54) is 37.7 Å². The molecule has 1 heterocycles. The van der Waals surface area contributed by atoms with E-state index in [0.29, 0.717) is 5.88 Å². The number of pyridine rings is 1. The van der Waals surface area contributed by atoms with Crippen molar-refractivity contribution in [2.24, 2.45) is 0 Å². The van der Waals surface area contributed by atoms with Gasteiger partial charge in [0.1, 0.15) is 0 Å². The summed E-state index contributed by atoms with van der Waals surface area (Å²) in [5.74, 6) is 1.19. The lowest BCUT2D eigenvalue weighted by Crippen LogP contribution is -2.04. The van der Waals surface area contributed by atoms with Crippen molar-refractivity contribution >= 4 is 11.6 Å². The lowest BCUT2D eigenvalue weighted by Gasteiger charge is -2.12. The molecule has 1 aromatic heterocycles. The van der Waals surface area contributed by atoms with Crippen LogP contribution >= 0.6 is 11.6 Å². The Morgan fingerprint density at radius 1 is 1.11 bits per heavy atom. The summed E-state index contributed by atoms with van der Waals surface area (Å²) in [4.78, 5) is 4.45. The van der Waals surface area contributed by atoms with Crippen LogP contribution in [0, 0.1) is 13.8 Å². The second-order valence-electron chi connectivity index (χ2n) is 5.11. The Hall–Kier alpha value is -0.760. The molecule has 0 aromatic carbocycles. The maximum Gasteiger partial charge on any atom is 0.218 e. The van der Waals surface area contributed by atoms with Crippen molar-refractivity contribution in [3.8, 4) is 5.88 Å². The second-order valence-corrected chi connectivity index (χ2v) is 5.38. The van der Waals surface area contributed by atoms with E-state index in [1.54, 1.807) is 0 Å². The van der Waals surface area contributed by atoms with E-state index in [-0.39, 0.29) is 0 Å². The SMILES string of the molecule is CCCCCCCCOc1nc(C)cc(C)c1CCl. The molecule has 3 heteroatoms. The second kappa shape index (κ2) is 9.19. The van der Waals surface area contributed by atoms with Gasteiger partial charge in [0.2, 0.25) is 5.88 Å². The van der Waals surface area contributed by atoms with Crippen LogP contribution in [-0.4, -0.2) is 11.6 Å². The minimum absolute atomic E-state index is 0.463. The van der Waals surface area contributed by atoms with Gasteiger partial charge < -0.3 is 4.74 Å². The molecule has 19 heavy (non-hydrogen) atoms. The van der Waals surface area contributed by atoms with Crippen molar-refractivity contribution in [3.63, 3.8) is 0 Å². The van der Waals surface area contributed by atoms with Gasteiger partial charge in [-0.1, -0.05) is 39.0 Å². The molecule has 0 saturated heterocycles. The van der Waals surface area contributed by atoms with E-state index < -0.39 is 0 Å². The highest BCUT2D eigenvalue weighted by Gasteiger charge is 2.08. The van der Waals surface area contributed by atoms with Crippen LogP contribution in [0.1, 0.15) is 62.3 Å². The predicted molar refractivity (Wildman–Crippen MR) is 82.1 cm³/mol. The molecule has 0 aliphatic carbocycles. The average molecular weight is 284 g/mol. The van der Waals surface area contributed by atoms with E-state index in [2.05, 4.69) is 24.9 Å². The van der Waals surface area contributed by atoms with Gasteiger partial charge in [0, 0.05) is 11.3 Å². The quantitative estimate of drug-likeness (QED) is 0.460. The van der Waals surface area contributed by atoms with Gasteiger partial charge in [-0.25, -0.2) is 4.98 Å². The largest absolute Gasteiger partial charge is 0.477 e. The number of alkyl halides is 1. The van der Waals surface area contributed by atoms with Crippen LogP contribution in [0.25, 0.3) is 0 Å². The molecule has 0 N–H and O–H groups in total. The van der Waals surface area contributed by atoms with Crippen LogP contribution in [0.4, 0.5) is 0 Å². The highest BCUT2D eigenvalue weighted by molar-refractivity contribution is 6.17. The van der Waals surface area contributed by atoms with Gasteiger partial charge >= 0.3 is 0 Å². The molecular formula is C16H26ClNO. The Morgan fingerprint density at radius 3 is 2.47 bits per heavy atom. The molecule has 108 valence electrons. The number of aromatic nitrogens is 1. The summed E-state index contributed by atoms with van der Waals surface area (Å²) in [5, 5.41) is 0. The third-order valence-electron chi connectivity index (χ3n) is 3.31. The zero-order chi connectivity index (χ0) is 14.1. The molecular weight excluding hydrogens is 258 g/mol. The zero-order valence-electron chi connectivity index (χ0n) is 12.5. The molecule has 0 fully saturated rings. The highest BCUT2D eigenvalue weighted by atomic mass is 35.5. The van der Waals surface area contributed by atoms with Crippen molar-refractivity contribution < 1.29 is 4.74 Å². The van der Waals surface area contributed by atoms with E-state index >= 15 is 0 Å². The molecule has 0 bridgehead atoms. The minimum Gasteiger partial charge on any atom is -0.477 e. The number of unbranched alkanes of at least 4 members (excludes halogenated alkanes) is 5. The first-order valence-corrected chi connectivity index (χ1v) is 7.88. The summed E-state index contributed by atoms with van der Waals surface area (Å²) in [7, 11) is 0. The van der Waals surface area contributed by atoms with Crippen LogP contribution in [0.3, 0.4) is 0 Å². The molecule has 0 saturated carbocycles. The van der Waals surface area contributed by atoms with E-state index in [0.717, 1.165) is 30.2 Å². The maximum absolute atomic E-state index is 5.97. The first-order valence-electron chi connectivity index (χ1n) is 7.35. The van der Waals surface area contributed by atoms with E-state index in [1.807, 2.05) is 6.92 Å². The third kappa shape index (κ3) is 5.82. The summed E-state index contributed by atoms with van der Waals surface area (Å²) in [5.41, 5.74) is 3.18. The Balaban J connectivity index is 2.36. The van der Waals surface area contributed by atoms with Crippen molar-refractivity contribution in [2.45, 2.75) is 65.2 Å².